The SMILES string of the molecule is O=C(NC1(C(=O)O)CCOC1)C1Cc2ccccc2N1. The highest BCUT2D eigenvalue weighted by atomic mass is 16.5. The zero-order chi connectivity index (χ0) is 14.2. The molecule has 2 aliphatic heterocycles. The predicted molar refractivity (Wildman–Crippen MR) is 71.5 cm³/mol. The van der Waals surface area contributed by atoms with Crippen molar-refractivity contribution in [3.05, 3.63) is 29.8 Å². The Bertz CT molecular complexity index is 527. The Hall–Kier alpha value is -2.08. The number of amides is 1. The second-order valence-electron chi connectivity index (χ2n) is 5.24. The minimum Gasteiger partial charge on any atom is -0.479 e. The fourth-order valence-corrected chi connectivity index (χ4v) is 2.66. The molecule has 1 fully saturated rings. The number of hydrogen-bond donors (Lipinski definition) is 3. The van der Waals surface area contributed by atoms with Crippen LogP contribution in [0.1, 0.15) is 12.0 Å². The lowest BCUT2D eigenvalue weighted by Crippen LogP contribution is -2.58. The summed E-state index contributed by atoms with van der Waals surface area (Å²) in [6, 6.07) is 7.26. The van der Waals surface area contributed by atoms with Gasteiger partial charge in [-0.2, -0.15) is 0 Å². The summed E-state index contributed by atoms with van der Waals surface area (Å²) >= 11 is 0. The van der Waals surface area contributed by atoms with Gasteiger partial charge in [0.1, 0.15) is 6.04 Å². The van der Waals surface area contributed by atoms with Gasteiger partial charge in [-0.1, -0.05) is 18.2 Å². The van der Waals surface area contributed by atoms with Crippen molar-refractivity contribution in [3.63, 3.8) is 0 Å². The summed E-state index contributed by atoms with van der Waals surface area (Å²) in [5.74, 6) is -1.34. The summed E-state index contributed by atoms with van der Waals surface area (Å²) in [5, 5.41) is 15.1. The summed E-state index contributed by atoms with van der Waals surface area (Å²) in [7, 11) is 0. The van der Waals surface area contributed by atoms with Crippen LogP contribution in [0, 0.1) is 0 Å². The smallest absolute Gasteiger partial charge is 0.331 e. The standard InChI is InChI=1S/C14H16N2O4/c17-12(16-14(13(18)19)5-6-20-8-14)11-7-9-3-1-2-4-10(9)15-11/h1-4,11,15H,5-8H2,(H,16,17)(H,18,19). The van der Waals surface area contributed by atoms with Crippen LogP contribution in [0.5, 0.6) is 0 Å². The summed E-state index contributed by atoms with van der Waals surface area (Å²) in [6.45, 7) is 0.374. The lowest BCUT2D eigenvalue weighted by Gasteiger charge is -2.25. The van der Waals surface area contributed by atoms with Crippen LogP contribution in [0.4, 0.5) is 5.69 Å². The van der Waals surface area contributed by atoms with Gasteiger partial charge in [-0.3, -0.25) is 4.79 Å². The first kappa shape index (κ1) is 12.9. The first-order chi connectivity index (χ1) is 9.61. The number of para-hydroxylation sites is 1. The molecule has 6 nitrogen and oxygen atoms in total. The summed E-state index contributed by atoms with van der Waals surface area (Å²) in [5.41, 5.74) is 0.715. The molecule has 1 aromatic rings. The number of fused-ring (bicyclic) bond motifs is 1. The van der Waals surface area contributed by atoms with E-state index in [0.717, 1.165) is 11.3 Å². The molecule has 0 aliphatic carbocycles. The van der Waals surface area contributed by atoms with E-state index >= 15 is 0 Å². The molecular weight excluding hydrogens is 260 g/mol. The van der Waals surface area contributed by atoms with E-state index in [-0.39, 0.29) is 12.5 Å². The van der Waals surface area contributed by atoms with E-state index in [1.54, 1.807) is 0 Å². The van der Waals surface area contributed by atoms with Gasteiger partial charge in [0.2, 0.25) is 5.91 Å². The molecule has 0 aromatic heterocycles. The number of benzene rings is 1. The topological polar surface area (TPSA) is 87.7 Å². The Balaban J connectivity index is 1.71. The number of carboxylic acid groups (broad SMARTS) is 1. The first-order valence-electron chi connectivity index (χ1n) is 6.58. The zero-order valence-electron chi connectivity index (χ0n) is 10.9. The molecule has 2 aliphatic rings. The number of carboxylic acids is 1. The van der Waals surface area contributed by atoms with Gasteiger partial charge in [0.25, 0.3) is 0 Å². The quantitative estimate of drug-likeness (QED) is 0.743. The summed E-state index contributed by atoms with van der Waals surface area (Å²) in [6.07, 6.45) is 0.867. The van der Waals surface area contributed by atoms with Crippen molar-refractivity contribution in [2.45, 2.75) is 24.4 Å². The third-order valence-corrected chi connectivity index (χ3v) is 3.88. The van der Waals surface area contributed by atoms with E-state index in [1.807, 2.05) is 24.3 Å². The fourth-order valence-electron chi connectivity index (χ4n) is 2.66. The lowest BCUT2D eigenvalue weighted by molar-refractivity contribution is -0.147. The predicted octanol–water partition coefficient (Wildman–Crippen LogP) is 0.383. The lowest BCUT2D eigenvalue weighted by atomic mass is 9.98. The molecule has 2 atom stereocenters. The normalized spacial score (nSPS) is 27.7. The van der Waals surface area contributed by atoms with Gasteiger partial charge in [0.05, 0.1) is 6.61 Å². The minimum absolute atomic E-state index is 0.0216. The number of ether oxygens (including phenoxy) is 1. The van der Waals surface area contributed by atoms with Gasteiger partial charge in [0.15, 0.2) is 5.54 Å². The number of anilines is 1. The van der Waals surface area contributed by atoms with Crippen molar-refractivity contribution in [2.75, 3.05) is 18.5 Å². The summed E-state index contributed by atoms with van der Waals surface area (Å²) < 4.78 is 5.13. The largest absolute Gasteiger partial charge is 0.479 e. The van der Waals surface area contributed by atoms with Crippen molar-refractivity contribution < 1.29 is 19.4 Å². The molecule has 1 aromatic carbocycles. The van der Waals surface area contributed by atoms with Crippen molar-refractivity contribution in [1.29, 1.82) is 0 Å². The Labute approximate surface area is 116 Å². The van der Waals surface area contributed by atoms with Gasteiger partial charge in [-0.25, -0.2) is 4.79 Å². The van der Waals surface area contributed by atoms with Crippen molar-refractivity contribution in [3.8, 4) is 0 Å². The molecule has 106 valence electrons. The minimum atomic E-state index is -1.28. The number of nitrogens with one attached hydrogen (secondary N) is 2. The van der Waals surface area contributed by atoms with Gasteiger partial charge >= 0.3 is 5.97 Å². The van der Waals surface area contributed by atoms with Crippen molar-refractivity contribution in [2.24, 2.45) is 0 Å². The Morgan fingerprint density at radius 1 is 1.40 bits per heavy atom. The molecular formula is C14H16N2O4. The maximum absolute atomic E-state index is 12.3. The molecule has 6 heteroatoms. The Kier molecular flexibility index (Phi) is 3.10. The van der Waals surface area contributed by atoms with Crippen molar-refractivity contribution in [1.82, 2.24) is 5.32 Å². The molecule has 3 N–H and O–H groups in total. The number of aliphatic carboxylic acids is 1. The summed E-state index contributed by atoms with van der Waals surface area (Å²) in [4.78, 5) is 23.7. The van der Waals surface area contributed by atoms with E-state index in [0.29, 0.717) is 19.4 Å². The highest BCUT2D eigenvalue weighted by Gasteiger charge is 2.45. The van der Waals surface area contributed by atoms with E-state index in [1.165, 1.54) is 0 Å². The van der Waals surface area contributed by atoms with Crippen LogP contribution in [-0.2, 0) is 20.7 Å². The van der Waals surface area contributed by atoms with E-state index in [4.69, 9.17) is 4.74 Å². The average molecular weight is 276 g/mol. The van der Waals surface area contributed by atoms with Crippen molar-refractivity contribution >= 4 is 17.6 Å². The third kappa shape index (κ3) is 2.12. The number of hydrogen-bond acceptors (Lipinski definition) is 4. The highest BCUT2D eigenvalue weighted by Crippen LogP contribution is 2.26. The molecule has 20 heavy (non-hydrogen) atoms. The van der Waals surface area contributed by atoms with Crippen LogP contribution in [0.3, 0.4) is 0 Å². The van der Waals surface area contributed by atoms with Gasteiger partial charge in [-0.05, 0) is 11.6 Å². The third-order valence-electron chi connectivity index (χ3n) is 3.88. The Morgan fingerprint density at radius 2 is 2.20 bits per heavy atom. The molecule has 1 amide bonds. The maximum atomic E-state index is 12.3. The van der Waals surface area contributed by atoms with E-state index in [2.05, 4.69) is 10.6 Å². The zero-order valence-corrected chi connectivity index (χ0v) is 10.9. The van der Waals surface area contributed by atoms with Crippen LogP contribution < -0.4 is 10.6 Å². The van der Waals surface area contributed by atoms with Crippen LogP contribution in [0.2, 0.25) is 0 Å². The van der Waals surface area contributed by atoms with Crippen LogP contribution in [0.25, 0.3) is 0 Å². The molecule has 0 radical (unpaired) electrons. The second kappa shape index (κ2) is 4.79. The number of carbonyl (C=O) groups excluding carboxylic acids is 1. The van der Waals surface area contributed by atoms with Gasteiger partial charge < -0.3 is 20.5 Å². The first-order valence-corrected chi connectivity index (χ1v) is 6.58. The maximum Gasteiger partial charge on any atom is 0.331 e. The molecule has 0 spiro atoms. The molecule has 0 bridgehead atoms. The van der Waals surface area contributed by atoms with Gasteiger partial charge in [-0.15, -0.1) is 0 Å². The Morgan fingerprint density at radius 3 is 2.85 bits per heavy atom. The molecule has 2 heterocycles. The van der Waals surface area contributed by atoms with Crippen LogP contribution >= 0.6 is 0 Å². The van der Waals surface area contributed by atoms with E-state index in [9.17, 15) is 14.7 Å². The number of rotatable bonds is 3. The molecule has 3 rings (SSSR count). The average Bonchev–Trinajstić information content (AvgIpc) is 3.05. The van der Waals surface area contributed by atoms with Crippen LogP contribution in [0.15, 0.2) is 24.3 Å². The number of carbonyl (C=O) groups is 2. The monoisotopic (exact) mass is 276 g/mol. The highest BCUT2D eigenvalue weighted by molar-refractivity contribution is 5.92. The van der Waals surface area contributed by atoms with E-state index < -0.39 is 17.6 Å². The second-order valence-corrected chi connectivity index (χ2v) is 5.24. The molecule has 0 saturated carbocycles. The fraction of sp³-hybridized carbons (Fsp3) is 0.429. The van der Waals surface area contributed by atoms with Crippen LogP contribution in [-0.4, -0.2) is 41.8 Å². The molecule has 1 saturated heterocycles. The van der Waals surface area contributed by atoms with Gasteiger partial charge in [0, 0.05) is 25.1 Å². The molecule has 2 unspecified atom stereocenters.